The van der Waals surface area contributed by atoms with Crippen LogP contribution in [0.4, 0.5) is 5.95 Å². The molecule has 0 atom stereocenters. The molecule has 0 bridgehead atoms. The van der Waals surface area contributed by atoms with Crippen LogP contribution in [0.15, 0.2) is 24.5 Å². The van der Waals surface area contributed by atoms with Crippen molar-refractivity contribution in [1.29, 1.82) is 0 Å². The number of halogens is 2. The molecule has 0 aliphatic carbocycles. The van der Waals surface area contributed by atoms with E-state index in [4.69, 9.17) is 23.2 Å². The Labute approximate surface area is 154 Å². The summed E-state index contributed by atoms with van der Waals surface area (Å²) in [4.78, 5) is 16.6. The highest BCUT2D eigenvalue weighted by atomic mass is 35.5. The number of rotatable bonds is 4. The maximum absolute atomic E-state index is 12.4. The first kappa shape index (κ1) is 17.4. The van der Waals surface area contributed by atoms with Crippen molar-refractivity contribution in [1.82, 2.24) is 24.5 Å². The van der Waals surface area contributed by atoms with Crippen LogP contribution in [-0.2, 0) is 13.6 Å². The maximum Gasteiger partial charge on any atom is 0.261 e. The van der Waals surface area contributed by atoms with Gasteiger partial charge in [0.05, 0.1) is 17.8 Å². The molecule has 0 saturated carbocycles. The minimum atomic E-state index is -0.287. The van der Waals surface area contributed by atoms with Gasteiger partial charge in [-0.05, 0) is 31.5 Å². The molecule has 0 unspecified atom stereocenters. The molecule has 1 aromatic carbocycles. The van der Waals surface area contributed by atoms with Crippen molar-refractivity contribution >= 4 is 35.1 Å². The fourth-order valence-electron chi connectivity index (χ4n) is 2.52. The molecule has 0 saturated heterocycles. The van der Waals surface area contributed by atoms with E-state index in [1.165, 1.54) is 6.33 Å². The zero-order valence-electron chi connectivity index (χ0n) is 13.9. The summed E-state index contributed by atoms with van der Waals surface area (Å²) in [5.74, 6) is -0.0666. The molecule has 2 aromatic heterocycles. The molecule has 130 valence electrons. The molecular weight excluding hydrogens is 363 g/mol. The van der Waals surface area contributed by atoms with Crippen molar-refractivity contribution in [2.75, 3.05) is 5.32 Å². The summed E-state index contributed by atoms with van der Waals surface area (Å²) in [6, 6.07) is 5.26. The summed E-state index contributed by atoms with van der Waals surface area (Å²) < 4.78 is 3.26. The first-order valence-corrected chi connectivity index (χ1v) is 8.25. The van der Waals surface area contributed by atoms with Crippen LogP contribution in [0.5, 0.6) is 0 Å². The number of hydrogen-bond acceptors (Lipinski definition) is 4. The fraction of sp³-hybridized carbons (Fsp3) is 0.250. The molecule has 9 heteroatoms. The van der Waals surface area contributed by atoms with Crippen molar-refractivity contribution in [2.45, 2.75) is 20.4 Å². The largest absolute Gasteiger partial charge is 0.289 e. The number of anilines is 1. The molecule has 0 aliphatic heterocycles. The second-order valence-electron chi connectivity index (χ2n) is 5.63. The molecule has 0 radical (unpaired) electrons. The summed E-state index contributed by atoms with van der Waals surface area (Å²) in [6.07, 6.45) is 1.53. The molecule has 0 fully saturated rings. The lowest BCUT2D eigenvalue weighted by molar-refractivity contribution is 0.102. The summed E-state index contributed by atoms with van der Waals surface area (Å²) in [5.41, 5.74) is 2.82. The van der Waals surface area contributed by atoms with E-state index < -0.39 is 0 Å². The van der Waals surface area contributed by atoms with Gasteiger partial charge in [0.25, 0.3) is 5.91 Å². The molecule has 25 heavy (non-hydrogen) atoms. The molecule has 7 nitrogen and oxygen atoms in total. The highest BCUT2D eigenvalue weighted by Gasteiger charge is 2.18. The Morgan fingerprint density at radius 1 is 1.24 bits per heavy atom. The van der Waals surface area contributed by atoms with Gasteiger partial charge < -0.3 is 0 Å². The van der Waals surface area contributed by atoms with Crippen molar-refractivity contribution in [3.8, 4) is 0 Å². The first-order valence-electron chi connectivity index (χ1n) is 7.50. The average molecular weight is 379 g/mol. The van der Waals surface area contributed by atoms with E-state index in [0.29, 0.717) is 27.8 Å². The average Bonchev–Trinajstić information content (AvgIpc) is 3.06. The number of nitrogens with zero attached hydrogens (tertiary/aromatic N) is 5. The maximum atomic E-state index is 12.4. The zero-order valence-corrected chi connectivity index (χ0v) is 15.4. The van der Waals surface area contributed by atoms with Gasteiger partial charge in [-0.25, -0.2) is 9.67 Å². The first-order chi connectivity index (χ1) is 11.8. The van der Waals surface area contributed by atoms with Gasteiger partial charge >= 0.3 is 0 Å². The predicted octanol–water partition coefficient (Wildman–Crippen LogP) is 3.24. The summed E-state index contributed by atoms with van der Waals surface area (Å²) in [7, 11) is 1.79. The van der Waals surface area contributed by atoms with Gasteiger partial charge in [0, 0.05) is 22.8 Å². The third-order valence-electron chi connectivity index (χ3n) is 3.85. The quantitative estimate of drug-likeness (QED) is 0.755. The highest BCUT2D eigenvalue weighted by Crippen LogP contribution is 2.21. The Morgan fingerprint density at radius 2 is 2.00 bits per heavy atom. The summed E-state index contributed by atoms with van der Waals surface area (Å²) in [6.45, 7) is 4.05. The van der Waals surface area contributed by atoms with E-state index in [0.717, 1.165) is 11.3 Å². The molecule has 0 spiro atoms. The van der Waals surface area contributed by atoms with Gasteiger partial charge in [0.2, 0.25) is 5.95 Å². The van der Waals surface area contributed by atoms with E-state index in [-0.39, 0.29) is 11.9 Å². The Kier molecular flexibility index (Phi) is 4.78. The number of carbonyl (C=O) groups excluding carboxylic acids is 1. The van der Waals surface area contributed by atoms with Crippen LogP contribution in [0.25, 0.3) is 0 Å². The Hall–Kier alpha value is -2.38. The van der Waals surface area contributed by atoms with Crippen molar-refractivity contribution in [2.24, 2.45) is 7.05 Å². The Balaban J connectivity index is 1.74. The Morgan fingerprint density at radius 3 is 2.64 bits per heavy atom. The third kappa shape index (κ3) is 3.67. The summed E-state index contributed by atoms with van der Waals surface area (Å²) in [5, 5.41) is 12.3. The van der Waals surface area contributed by atoms with Crippen LogP contribution < -0.4 is 5.32 Å². The Bertz CT molecular complexity index is 946. The van der Waals surface area contributed by atoms with Gasteiger partial charge in [-0.1, -0.05) is 29.3 Å². The molecule has 2 heterocycles. The van der Waals surface area contributed by atoms with E-state index >= 15 is 0 Å². The lowest BCUT2D eigenvalue weighted by Gasteiger charge is -2.04. The van der Waals surface area contributed by atoms with Crippen LogP contribution in [0.2, 0.25) is 10.0 Å². The number of carbonyl (C=O) groups is 1. The normalized spacial score (nSPS) is 10.9. The van der Waals surface area contributed by atoms with Crippen LogP contribution in [-0.4, -0.2) is 30.5 Å². The van der Waals surface area contributed by atoms with Gasteiger partial charge in [-0.2, -0.15) is 5.10 Å². The van der Waals surface area contributed by atoms with Crippen molar-refractivity contribution in [3.05, 3.63) is 57.1 Å². The lowest BCUT2D eigenvalue weighted by atomic mass is 10.2. The number of amides is 1. The molecule has 3 aromatic rings. The molecule has 1 amide bonds. The molecule has 0 aliphatic rings. The van der Waals surface area contributed by atoms with Crippen LogP contribution in [0, 0.1) is 13.8 Å². The number of aromatic nitrogens is 5. The van der Waals surface area contributed by atoms with Gasteiger partial charge in [-0.3, -0.25) is 14.8 Å². The fourth-order valence-corrected chi connectivity index (χ4v) is 2.99. The van der Waals surface area contributed by atoms with Crippen molar-refractivity contribution < 1.29 is 4.79 Å². The van der Waals surface area contributed by atoms with Crippen LogP contribution >= 0.6 is 23.2 Å². The second kappa shape index (κ2) is 6.85. The van der Waals surface area contributed by atoms with Gasteiger partial charge in [-0.15, -0.1) is 5.10 Å². The topological polar surface area (TPSA) is 77.6 Å². The van der Waals surface area contributed by atoms with Crippen LogP contribution in [0.3, 0.4) is 0 Å². The van der Waals surface area contributed by atoms with E-state index in [1.54, 1.807) is 35.5 Å². The van der Waals surface area contributed by atoms with E-state index in [1.807, 2.05) is 13.0 Å². The zero-order chi connectivity index (χ0) is 18.1. The monoisotopic (exact) mass is 378 g/mol. The number of nitrogens with one attached hydrogen (secondary N) is 1. The minimum Gasteiger partial charge on any atom is -0.289 e. The van der Waals surface area contributed by atoms with Gasteiger partial charge in [0.1, 0.15) is 6.33 Å². The van der Waals surface area contributed by atoms with Crippen molar-refractivity contribution in [3.63, 3.8) is 0 Å². The minimum absolute atomic E-state index is 0.220. The molecule has 3 rings (SSSR count). The number of hydrogen-bond donors (Lipinski definition) is 1. The summed E-state index contributed by atoms with van der Waals surface area (Å²) >= 11 is 12.1. The second-order valence-corrected chi connectivity index (χ2v) is 6.47. The van der Waals surface area contributed by atoms with E-state index in [9.17, 15) is 4.79 Å². The SMILES string of the molecule is Cc1nn(C)c(C)c1C(=O)Nc1ncn(Cc2ccc(Cl)cc2Cl)n1. The number of benzene rings is 1. The predicted molar refractivity (Wildman–Crippen MR) is 96.2 cm³/mol. The highest BCUT2D eigenvalue weighted by molar-refractivity contribution is 6.35. The standard InChI is InChI=1S/C16H16Cl2N6O/c1-9-14(10(2)23(3)21-9)15(25)20-16-19-8-24(22-16)7-11-4-5-12(17)6-13(11)18/h4-6,8H,7H2,1-3H3,(H,20,22,25). The third-order valence-corrected chi connectivity index (χ3v) is 4.43. The van der Waals surface area contributed by atoms with E-state index in [2.05, 4.69) is 20.5 Å². The van der Waals surface area contributed by atoms with Crippen LogP contribution in [0.1, 0.15) is 27.3 Å². The molecule has 1 N–H and O–H groups in total. The molecular formula is C16H16Cl2N6O. The smallest absolute Gasteiger partial charge is 0.261 e. The van der Waals surface area contributed by atoms with Gasteiger partial charge in [0.15, 0.2) is 0 Å². The lowest BCUT2D eigenvalue weighted by Crippen LogP contribution is -2.15. The number of aryl methyl sites for hydroxylation is 2.